The van der Waals surface area contributed by atoms with Gasteiger partial charge in [0.1, 0.15) is 17.3 Å². The minimum Gasteiger partial charge on any atom is -0.494 e. The molecule has 0 amide bonds. The topological polar surface area (TPSA) is 39.1 Å². The minimum atomic E-state index is 0.820. The Morgan fingerprint density at radius 1 is 1.13 bits per heavy atom. The van der Waals surface area contributed by atoms with E-state index in [0.29, 0.717) is 0 Å². The predicted molar refractivity (Wildman–Crippen MR) is 100 cm³/mol. The van der Waals surface area contributed by atoms with Crippen LogP contribution in [0.4, 0.5) is 5.82 Å². The summed E-state index contributed by atoms with van der Waals surface area (Å²) in [6.07, 6.45) is 0.991. The van der Waals surface area contributed by atoms with Gasteiger partial charge in [0.25, 0.3) is 0 Å². The molecule has 23 heavy (non-hydrogen) atoms. The molecule has 0 unspecified atom stereocenters. The monoisotopic (exact) mass is 417 g/mol. The number of halogens is 1. The SMILES string of the molecule is COc1ccccc1-n1nc(-c2ccccc2I)c2c1NCC2. The van der Waals surface area contributed by atoms with Crippen LogP contribution in [-0.2, 0) is 6.42 Å². The maximum absolute atomic E-state index is 5.51. The van der Waals surface area contributed by atoms with Crippen molar-refractivity contribution in [3.05, 3.63) is 57.7 Å². The van der Waals surface area contributed by atoms with Gasteiger partial charge in [0, 0.05) is 21.2 Å². The molecule has 116 valence electrons. The first-order valence-electron chi connectivity index (χ1n) is 7.53. The molecule has 1 aliphatic rings. The lowest BCUT2D eigenvalue weighted by molar-refractivity contribution is 0.412. The van der Waals surface area contributed by atoms with Gasteiger partial charge >= 0.3 is 0 Å². The summed E-state index contributed by atoms with van der Waals surface area (Å²) >= 11 is 2.37. The first-order chi connectivity index (χ1) is 11.3. The summed E-state index contributed by atoms with van der Waals surface area (Å²) in [5, 5.41) is 8.38. The highest BCUT2D eigenvalue weighted by Gasteiger charge is 2.25. The van der Waals surface area contributed by atoms with E-state index in [0.717, 1.165) is 35.9 Å². The zero-order valence-electron chi connectivity index (χ0n) is 12.7. The first kappa shape index (κ1) is 14.6. The Bertz CT molecular complexity index is 872. The van der Waals surface area contributed by atoms with E-state index in [2.05, 4.69) is 52.2 Å². The van der Waals surface area contributed by atoms with Crippen LogP contribution in [0.25, 0.3) is 16.9 Å². The fourth-order valence-corrected chi connectivity index (χ4v) is 3.67. The average Bonchev–Trinajstić information content (AvgIpc) is 3.18. The van der Waals surface area contributed by atoms with E-state index in [4.69, 9.17) is 9.84 Å². The largest absolute Gasteiger partial charge is 0.494 e. The van der Waals surface area contributed by atoms with Crippen LogP contribution in [0.3, 0.4) is 0 Å². The van der Waals surface area contributed by atoms with Crippen molar-refractivity contribution in [3.63, 3.8) is 0 Å². The number of methoxy groups -OCH3 is 1. The summed E-state index contributed by atoms with van der Waals surface area (Å²) in [6, 6.07) is 16.3. The second-order valence-electron chi connectivity index (χ2n) is 5.42. The van der Waals surface area contributed by atoms with Gasteiger partial charge in [-0.15, -0.1) is 0 Å². The second kappa shape index (κ2) is 5.88. The van der Waals surface area contributed by atoms with Crippen molar-refractivity contribution in [2.75, 3.05) is 19.0 Å². The Hall–Kier alpha value is -2.02. The normalized spacial score (nSPS) is 12.8. The van der Waals surface area contributed by atoms with Gasteiger partial charge in [-0.1, -0.05) is 30.3 Å². The molecule has 0 radical (unpaired) electrons. The zero-order valence-corrected chi connectivity index (χ0v) is 14.9. The van der Waals surface area contributed by atoms with Crippen molar-refractivity contribution in [1.82, 2.24) is 9.78 Å². The van der Waals surface area contributed by atoms with E-state index in [1.807, 2.05) is 28.9 Å². The maximum atomic E-state index is 5.51. The van der Waals surface area contributed by atoms with Gasteiger partial charge in [-0.2, -0.15) is 5.10 Å². The molecule has 0 bridgehead atoms. The smallest absolute Gasteiger partial charge is 0.144 e. The van der Waals surface area contributed by atoms with Crippen LogP contribution in [0.5, 0.6) is 5.75 Å². The molecule has 5 heteroatoms. The maximum Gasteiger partial charge on any atom is 0.144 e. The predicted octanol–water partition coefficient (Wildman–Crippen LogP) is 4.12. The molecule has 0 fully saturated rings. The number of hydrogen-bond acceptors (Lipinski definition) is 3. The van der Waals surface area contributed by atoms with E-state index in [-0.39, 0.29) is 0 Å². The van der Waals surface area contributed by atoms with Crippen LogP contribution >= 0.6 is 22.6 Å². The molecule has 2 heterocycles. The summed E-state index contributed by atoms with van der Waals surface area (Å²) in [7, 11) is 1.69. The van der Waals surface area contributed by atoms with E-state index in [1.165, 1.54) is 14.7 Å². The Morgan fingerprint density at radius 3 is 2.74 bits per heavy atom. The molecule has 1 N–H and O–H groups in total. The highest BCUT2D eigenvalue weighted by molar-refractivity contribution is 14.1. The molecule has 4 rings (SSSR count). The highest BCUT2D eigenvalue weighted by Crippen LogP contribution is 2.37. The van der Waals surface area contributed by atoms with Crippen molar-refractivity contribution in [1.29, 1.82) is 0 Å². The van der Waals surface area contributed by atoms with Crippen LogP contribution in [-0.4, -0.2) is 23.4 Å². The molecular formula is C18H16IN3O. The van der Waals surface area contributed by atoms with E-state index in [9.17, 15) is 0 Å². The van der Waals surface area contributed by atoms with Gasteiger partial charge in [0.05, 0.1) is 12.8 Å². The lowest BCUT2D eigenvalue weighted by Gasteiger charge is -2.10. The highest BCUT2D eigenvalue weighted by atomic mass is 127. The van der Waals surface area contributed by atoms with E-state index >= 15 is 0 Å². The quantitative estimate of drug-likeness (QED) is 0.652. The van der Waals surface area contributed by atoms with Crippen LogP contribution in [0, 0.1) is 3.57 Å². The minimum absolute atomic E-state index is 0.820. The molecule has 2 aromatic carbocycles. The lowest BCUT2D eigenvalue weighted by Crippen LogP contribution is -2.05. The first-order valence-corrected chi connectivity index (χ1v) is 8.61. The standard InChI is InChI=1S/C18H16IN3O/c1-23-16-9-5-4-8-15(16)22-18-13(10-11-20-18)17(21-22)12-6-2-3-7-14(12)19/h2-9,20H,10-11H2,1H3. The molecule has 1 aliphatic heterocycles. The zero-order chi connectivity index (χ0) is 15.8. The van der Waals surface area contributed by atoms with Crippen LogP contribution in [0.2, 0.25) is 0 Å². The summed E-state index contributed by atoms with van der Waals surface area (Å²) < 4.78 is 8.69. The Labute approximate surface area is 148 Å². The average molecular weight is 417 g/mol. The molecule has 0 atom stereocenters. The molecule has 0 saturated carbocycles. The number of ether oxygens (including phenoxy) is 1. The van der Waals surface area contributed by atoms with Crippen molar-refractivity contribution < 1.29 is 4.74 Å². The molecule has 4 nitrogen and oxygen atoms in total. The van der Waals surface area contributed by atoms with Crippen molar-refractivity contribution in [3.8, 4) is 22.7 Å². The number of fused-ring (bicyclic) bond motifs is 1. The van der Waals surface area contributed by atoms with Gasteiger partial charge < -0.3 is 10.1 Å². The van der Waals surface area contributed by atoms with Gasteiger partial charge in [-0.3, -0.25) is 0 Å². The summed E-state index contributed by atoms with van der Waals surface area (Å²) in [5.41, 5.74) is 4.47. The molecule has 0 aliphatic carbocycles. The third-order valence-electron chi connectivity index (χ3n) is 4.09. The number of para-hydroxylation sites is 2. The number of nitrogens with zero attached hydrogens (tertiary/aromatic N) is 2. The Morgan fingerprint density at radius 2 is 1.91 bits per heavy atom. The third-order valence-corrected chi connectivity index (χ3v) is 5.03. The molecule has 1 aromatic heterocycles. The van der Waals surface area contributed by atoms with Crippen LogP contribution < -0.4 is 10.1 Å². The summed E-state index contributed by atoms with van der Waals surface area (Å²) in [6.45, 7) is 0.943. The second-order valence-corrected chi connectivity index (χ2v) is 6.58. The fourth-order valence-electron chi connectivity index (χ4n) is 3.02. The summed E-state index contributed by atoms with van der Waals surface area (Å²) in [5.74, 6) is 1.89. The number of nitrogens with one attached hydrogen (secondary N) is 1. The number of aromatic nitrogens is 2. The van der Waals surface area contributed by atoms with Crippen LogP contribution in [0.1, 0.15) is 5.56 Å². The van der Waals surface area contributed by atoms with Gasteiger partial charge in [-0.05, 0) is 47.2 Å². The van der Waals surface area contributed by atoms with Crippen molar-refractivity contribution in [2.24, 2.45) is 0 Å². The van der Waals surface area contributed by atoms with Gasteiger partial charge in [0.15, 0.2) is 0 Å². The number of rotatable bonds is 3. The molecule has 3 aromatic rings. The third kappa shape index (κ3) is 2.39. The van der Waals surface area contributed by atoms with Crippen molar-refractivity contribution in [2.45, 2.75) is 6.42 Å². The Balaban J connectivity index is 1.94. The van der Waals surface area contributed by atoms with Crippen LogP contribution in [0.15, 0.2) is 48.5 Å². The van der Waals surface area contributed by atoms with E-state index < -0.39 is 0 Å². The van der Waals surface area contributed by atoms with Crippen molar-refractivity contribution >= 4 is 28.4 Å². The number of hydrogen-bond donors (Lipinski definition) is 1. The molecular weight excluding hydrogens is 401 g/mol. The molecule has 0 spiro atoms. The fraction of sp³-hybridized carbons (Fsp3) is 0.167. The van der Waals surface area contributed by atoms with Gasteiger partial charge in [0.2, 0.25) is 0 Å². The van der Waals surface area contributed by atoms with Gasteiger partial charge in [-0.25, -0.2) is 4.68 Å². The number of benzene rings is 2. The molecule has 0 saturated heterocycles. The number of anilines is 1. The summed E-state index contributed by atoms with van der Waals surface area (Å²) in [4.78, 5) is 0. The Kier molecular flexibility index (Phi) is 3.72. The van der Waals surface area contributed by atoms with E-state index in [1.54, 1.807) is 7.11 Å². The lowest BCUT2D eigenvalue weighted by atomic mass is 10.1.